The van der Waals surface area contributed by atoms with Gasteiger partial charge in [0.25, 0.3) is 0 Å². The molecule has 1 fully saturated rings. The van der Waals surface area contributed by atoms with Gasteiger partial charge in [-0.2, -0.15) is 0 Å². The minimum Gasteiger partial charge on any atom is -0.328 e. The highest BCUT2D eigenvalue weighted by Gasteiger charge is 2.37. The molecule has 1 atom stereocenters. The first-order valence-electron chi connectivity index (χ1n) is 7.85. The fraction of sp³-hybridized carbons (Fsp3) is 0.211. The second kappa shape index (κ2) is 7.08. The van der Waals surface area contributed by atoms with E-state index in [0.717, 1.165) is 12.0 Å². The smallest absolute Gasteiger partial charge is 0.246 e. The second-order valence-electron chi connectivity index (χ2n) is 5.76. The van der Waals surface area contributed by atoms with Crippen molar-refractivity contribution in [3.63, 3.8) is 0 Å². The average molecular weight is 322 g/mol. The topological polar surface area (TPSA) is 66.5 Å². The molecule has 24 heavy (non-hydrogen) atoms. The van der Waals surface area contributed by atoms with Crippen molar-refractivity contribution in [2.75, 3.05) is 13.1 Å². The van der Waals surface area contributed by atoms with E-state index in [-0.39, 0.29) is 12.5 Å². The summed E-state index contributed by atoms with van der Waals surface area (Å²) in [5, 5.41) is 2.31. The van der Waals surface area contributed by atoms with E-state index >= 15 is 0 Å². The van der Waals surface area contributed by atoms with Crippen LogP contribution < -0.4 is 5.32 Å². The Hall–Kier alpha value is -2.95. The third-order valence-electron chi connectivity index (χ3n) is 3.97. The molecule has 0 bridgehead atoms. The third kappa shape index (κ3) is 3.51. The van der Waals surface area contributed by atoms with Gasteiger partial charge in [-0.25, -0.2) is 0 Å². The molecule has 1 aliphatic carbocycles. The number of allylic oxidation sites excluding steroid dienone is 4. The molecule has 1 heterocycles. The molecular formula is C19H18N2O3. The monoisotopic (exact) mass is 322 g/mol. The van der Waals surface area contributed by atoms with Crippen LogP contribution in [-0.2, 0) is 14.4 Å². The lowest BCUT2D eigenvalue weighted by atomic mass is 9.97. The van der Waals surface area contributed by atoms with Gasteiger partial charge in [-0.15, -0.1) is 0 Å². The van der Waals surface area contributed by atoms with Crippen LogP contribution in [0.1, 0.15) is 17.9 Å². The lowest BCUT2D eigenvalue weighted by Crippen LogP contribution is -2.38. The van der Waals surface area contributed by atoms with Crippen LogP contribution in [0.3, 0.4) is 0 Å². The average Bonchev–Trinajstić information content (AvgIpc) is 2.88. The summed E-state index contributed by atoms with van der Waals surface area (Å²) < 4.78 is 0. The number of hydrogen-bond donors (Lipinski definition) is 1. The molecule has 5 nitrogen and oxygen atoms in total. The van der Waals surface area contributed by atoms with Gasteiger partial charge in [0.05, 0.1) is 0 Å². The number of amides is 3. The molecule has 0 aromatic heterocycles. The van der Waals surface area contributed by atoms with Crippen LogP contribution in [0, 0.1) is 0 Å². The quantitative estimate of drug-likeness (QED) is 0.680. The van der Waals surface area contributed by atoms with Gasteiger partial charge in [0.1, 0.15) is 12.5 Å². The summed E-state index contributed by atoms with van der Waals surface area (Å²) in [5.74, 6) is -2.37. The molecule has 1 saturated heterocycles. The Morgan fingerprint density at radius 2 is 1.88 bits per heavy atom. The Morgan fingerprint density at radius 1 is 1.08 bits per heavy atom. The number of hydrogen-bond acceptors (Lipinski definition) is 3. The van der Waals surface area contributed by atoms with Crippen molar-refractivity contribution in [1.29, 1.82) is 0 Å². The number of imide groups is 1. The molecule has 3 rings (SSSR count). The highest BCUT2D eigenvalue weighted by Crippen LogP contribution is 2.22. The summed E-state index contributed by atoms with van der Waals surface area (Å²) in [7, 11) is 0. The standard InChI is InChI=1S/C19H18N2O3/c22-16-13-21(12-14-8-4-1-2-5-9-14)19(24)17(18(23)20-16)15-10-6-3-7-11-15/h1,3-11,17H,2,12-13H2,(H,20,22,23). The van der Waals surface area contributed by atoms with Crippen molar-refractivity contribution in [2.24, 2.45) is 0 Å². The number of carbonyl (C=O) groups is 3. The number of rotatable bonds is 3. The third-order valence-corrected chi connectivity index (χ3v) is 3.97. The van der Waals surface area contributed by atoms with Crippen LogP contribution in [0.4, 0.5) is 0 Å². The zero-order chi connectivity index (χ0) is 16.9. The van der Waals surface area contributed by atoms with Gasteiger partial charge < -0.3 is 4.90 Å². The molecular weight excluding hydrogens is 304 g/mol. The van der Waals surface area contributed by atoms with E-state index in [4.69, 9.17) is 0 Å². The first-order valence-corrected chi connectivity index (χ1v) is 7.85. The zero-order valence-electron chi connectivity index (χ0n) is 13.1. The van der Waals surface area contributed by atoms with Crippen molar-refractivity contribution in [3.05, 3.63) is 71.8 Å². The van der Waals surface area contributed by atoms with Crippen LogP contribution >= 0.6 is 0 Å². The highest BCUT2D eigenvalue weighted by molar-refractivity contribution is 6.13. The molecule has 1 aliphatic heterocycles. The Morgan fingerprint density at radius 3 is 2.67 bits per heavy atom. The molecule has 0 saturated carbocycles. The minimum absolute atomic E-state index is 0.122. The van der Waals surface area contributed by atoms with Crippen LogP contribution in [-0.4, -0.2) is 35.7 Å². The Kier molecular flexibility index (Phi) is 4.70. The van der Waals surface area contributed by atoms with Crippen LogP contribution in [0.5, 0.6) is 0 Å². The van der Waals surface area contributed by atoms with E-state index < -0.39 is 17.7 Å². The van der Waals surface area contributed by atoms with Crippen LogP contribution in [0.25, 0.3) is 0 Å². The van der Waals surface area contributed by atoms with Gasteiger partial charge in [0.2, 0.25) is 17.7 Å². The van der Waals surface area contributed by atoms with E-state index in [2.05, 4.69) is 5.32 Å². The lowest BCUT2D eigenvalue weighted by molar-refractivity contribution is -0.136. The summed E-state index contributed by atoms with van der Waals surface area (Å²) in [6.07, 6.45) is 10.6. The van der Waals surface area contributed by atoms with Crippen LogP contribution in [0.15, 0.2) is 66.3 Å². The molecule has 1 aromatic carbocycles. The van der Waals surface area contributed by atoms with E-state index in [1.807, 2.05) is 36.4 Å². The molecule has 0 radical (unpaired) electrons. The van der Waals surface area contributed by atoms with Gasteiger partial charge in [-0.1, -0.05) is 60.7 Å². The Bertz CT molecular complexity index is 747. The Labute approximate surface area is 140 Å². The van der Waals surface area contributed by atoms with Gasteiger partial charge in [0.15, 0.2) is 0 Å². The predicted molar refractivity (Wildman–Crippen MR) is 89.9 cm³/mol. The van der Waals surface area contributed by atoms with Crippen molar-refractivity contribution in [2.45, 2.75) is 12.3 Å². The maximum atomic E-state index is 12.9. The van der Waals surface area contributed by atoms with Gasteiger partial charge >= 0.3 is 0 Å². The van der Waals surface area contributed by atoms with Gasteiger partial charge in [-0.3, -0.25) is 19.7 Å². The molecule has 1 aromatic rings. The van der Waals surface area contributed by atoms with Crippen molar-refractivity contribution in [3.8, 4) is 0 Å². The zero-order valence-corrected chi connectivity index (χ0v) is 13.1. The molecule has 1 N–H and O–H groups in total. The van der Waals surface area contributed by atoms with Crippen molar-refractivity contribution in [1.82, 2.24) is 10.2 Å². The van der Waals surface area contributed by atoms with E-state index in [0.29, 0.717) is 12.1 Å². The fourth-order valence-corrected chi connectivity index (χ4v) is 2.82. The molecule has 5 heteroatoms. The number of carbonyl (C=O) groups excluding carboxylic acids is 3. The molecule has 0 spiro atoms. The summed E-state index contributed by atoms with van der Waals surface area (Å²) in [6, 6.07) is 8.81. The summed E-state index contributed by atoms with van der Waals surface area (Å²) >= 11 is 0. The maximum absolute atomic E-state index is 12.9. The van der Waals surface area contributed by atoms with E-state index in [9.17, 15) is 14.4 Å². The van der Waals surface area contributed by atoms with Gasteiger partial charge in [-0.05, 0) is 17.6 Å². The minimum atomic E-state index is -0.997. The first-order chi connectivity index (χ1) is 11.6. The maximum Gasteiger partial charge on any atom is 0.246 e. The summed E-state index contributed by atoms with van der Waals surface area (Å²) in [6.45, 7) is 0.173. The van der Waals surface area contributed by atoms with Crippen molar-refractivity contribution < 1.29 is 14.4 Å². The second-order valence-corrected chi connectivity index (χ2v) is 5.76. The lowest BCUT2D eigenvalue weighted by Gasteiger charge is -2.23. The molecule has 2 aliphatic rings. The number of nitrogens with one attached hydrogen (secondary N) is 1. The van der Waals surface area contributed by atoms with Crippen molar-refractivity contribution >= 4 is 17.7 Å². The highest BCUT2D eigenvalue weighted by atomic mass is 16.2. The number of benzene rings is 1. The van der Waals surface area contributed by atoms with Crippen LogP contribution in [0.2, 0.25) is 0 Å². The number of nitrogens with zero attached hydrogens (tertiary/aromatic N) is 1. The molecule has 1 unspecified atom stereocenters. The summed E-state index contributed by atoms with van der Waals surface area (Å²) in [5.41, 5.74) is 1.51. The SMILES string of the molecule is O=C1CN(CC2=CC=CCC=C2)C(=O)C(c2ccccc2)C(=O)N1. The van der Waals surface area contributed by atoms with E-state index in [1.54, 1.807) is 24.3 Å². The molecule has 122 valence electrons. The van der Waals surface area contributed by atoms with Gasteiger partial charge in [0, 0.05) is 6.54 Å². The first kappa shape index (κ1) is 15.9. The molecule has 3 amide bonds. The fourth-order valence-electron chi connectivity index (χ4n) is 2.82. The largest absolute Gasteiger partial charge is 0.328 e. The normalized spacial score (nSPS) is 21.2. The Balaban J connectivity index is 1.89. The summed E-state index contributed by atoms with van der Waals surface area (Å²) in [4.78, 5) is 38.6. The van der Waals surface area contributed by atoms with E-state index in [1.165, 1.54) is 4.90 Å². The predicted octanol–water partition coefficient (Wildman–Crippen LogP) is 1.70.